The van der Waals surface area contributed by atoms with Gasteiger partial charge in [0.25, 0.3) is 0 Å². The molecule has 2 atom stereocenters. The van der Waals surface area contributed by atoms with Crippen LogP contribution < -0.4 is 15.4 Å². The minimum Gasteiger partial charge on any atom is -0.369 e. The van der Waals surface area contributed by atoms with Crippen LogP contribution >= 0.6 is 0 Å². The number of nitrogens with one attached hydrogen (secondary N) is 1. The quantitative estimate of drug-likeness (QED) is 0.874. The molecule has 1 aromatic carbocycles. The van der Waals surface area contributed by atoms with Gasteiger partial charge in [0, 0.05) is 25.2 Å². The lowest BCUT2D eigenvalue weighted by molar-refractivity contribution is 0.565. The summed E-state index contributed by atoms with van der Waals surface area (Å²) < 4.78 is 27.5. The number of rotatable bonds is 4. The maximum atomic E-state index is 12.4. The molecule has 0 aliphatic carbocycles. The molecule has 0 bridgehead atoms. The molecule has 1 aliphatic heterocycles. The summed E-state index contributed by atoms with van der Waals surface area (Å²) in [5.74, 6) is 0.365. The molecular formula is C14H23N3O2S. The van der Waals surface area contributed by atoms with Crippen LogP contribution in [0.15, 0.2) is 29.2 Å². The molecule has 6 heteroatoms. The van der Waals surface area contributed by atoms with Crippen LogP contribution in [-0.2, 0) is 10.0 Å². The number of anilines is 1. The molecule has 2 rings (SSSR count). The monoisotopic (exact) mass is 297 g/mol. The molecule has 0 spiro atoms. The highest BCUT2D eigenvalue weighted by atomic mass is 32.2. The van der Waals surface area contributed by atoms with Gasteiger partial charge in [-0.15, -0.1) is 0 Å². The minimum atomic E-state index is -3.50. The molecule has 3 N–H and O–H groups in total. The highest BCUT2D eigenvalue weighted by molar-refractivity contribution is 7.89. The Morgan fingerprint density at radius 2 is 1.95 bits per heavy atom. The van der Waals surface area contributed by atoms with Crippen molar-refractivity contribution in [3.8, 4) is 0 Å². The molecule has 0 saturated carbocycles. The normalized spacial score (nSPS) is 23.6. The van der Waals surface area contributed by atoms with Crippen LogP contribution in [0.4, 0.5) is 5.69 Å². The number of nitrogens with two attached hydrogens (primary N) is 1. The van der Waals surface area contributed by atoms with E-state index in [-0.39, 0.29) is 12.1 Å². The zero-order chi connectivity index (χ0) is 14.9. The lowest BCUT2D eigenvalue weighted by Gasteiger charge is -2.22. The van der Waals surface area contributed by atoms with Crippen molar-refractivity contribution >= 4 is 15.7 Å². The van der Waals surface area contributed by atoms with Gasteiger partial charge in [-0.05, 0) is 31.9 Å². The first-order chi connectivity index (χ1) is 9.31. The molecule has 1 fully saturated rings. The first kappa shape index (κ1) is 15.3. The van der Waals surface area contributed by atoms with Crippen LogP contribution in [0, 0.1) is 5.92 Å². The third-order valence-corrected chi connectivity index (χ3v) is 5.26. The number of nitrogens with zero attached hydrogens (tertiary/aromatic N) is 1. The van der Waals surface area contributed by atoms with E-state index in [2.05, 4.69) is 16.5 Å². The van der Waals surface area contributed by atoms with Crippen molar-refractivity contribution in [2.24, 2.45) is 11.7 Å². The van der Waals surface area contributed by atoms with Gasteiger partial charge in [-0.3, -0.25) is 0 Å². The Morgan fingerprint density at radius 3 is 2.50 bits per heavy atom. The van der Waals surface area contributed by atoms with Crippen molar-refractivity contribution in [3.63, 3.8) is 0 Å². The van der Waals surface area contributed by atoms with Gasteiger partial charge in [-0.2, -0.15) is 0 Å². The van der Waals surface area contributed by atoms with Crippen LogP contribution in [0.25, 0.3) is 0 Å². The van der Waals surface area contributed by atoms with Gasteiger partial charge < -0.3 is 10.6 Å². The topological polar surface area (TPSA) is 75.4 Å². The standard InChI is InChI=1S/C14H23N3O2S/c1-10(2)16-20(18,19)14-7-5-4-6-13(14)17-8-11(3)12(15)9-17/h4-7,10-12,16H,8-9,15H2,1-3H3. The van der Waals surface area contributed by atoms with Gasteiger partial charge >= 0.3 is 0 Å². The van der Waals surface area contributed by atoms with Gasteiger partial charge in [-0.25, -0.2) is 13.1 Å². The Morgan fingerprint density at radius 1 is 1.30 bits per heavy atom. The fraction of sp³-hybridized carbons (Fsp3) is 0.571. The molecule has 20 heavy (non-hydrogen) atoms. The van der Waals surface area contributed by atoms with E-state index in [1.54, 1.807) is 12.1 Å². The summed E-state index contributed by atoms with van der Waals surface area (Å²) in [4.78, 5) is 2.39. The summed E-state index contributed by atoms with van der Waals surface area (Å²) in [5.41, 5.74) is 6.78. The van der Waals surface area contributed by atoms with E-state index in [4.69, 9.17) is 5.73 Å². The van der Waals surface area contributed by atoms with E-state index >= 15 is 0 Å². The van der Waals surface area contributed by atoms with Gasteiger partial charge in [0.2, 0.25) is 10.0 Å². The molecule has 0 radical (unpaired) electrons. The molecular weight excluding hydrogens is 274 g/mol. The van der Waals surface area contributed by atoms with Gasteiger partial charge in [0.1, 0.15) is 4.90 Å². The summed E-state index contributed by atoms with van der Waals surface area (Å²) in [5, 5.41) is 0. The number of sulfonamides is 1. The van der Waals surface area contributed by atoms with E-state index < -0.39 is 10.0 Å². The van der Waals surface area contributed by atoms with Crippen molar-refractivity contribution in [2.45, 2.75) is 37.8 Å². The average molecular weight is 297 g/mol. The van der Waals surface area contributed by atoms with Crippen LogP contribution in [-0.4, -0.2) is 33.6 Å². The van der Waals surface area contributed by atoms with Crippen molar-refractivity contribution in [1.82, 2.24) is 4.72 Å². The molecule has 0 aromatic heterocycles. The van der Waals surface area contributed by atoms with Crippen LogP contribution in [0.1, 0.15) is 20.8 Å². The largest absolute Gasteiger partial charge is 0.369 e. The summed E-state index contributed by atoms with van der Waals surface area (Å²) in [6, 6.07) is 7.06. The third-order valence-electron chi connectivity index (χ3n) is 3.56. The Hall–Kier alpha value is -1.11. The summed E-state index contributed by atoms with van der Waals surface area (Å²) >= 11 is 0. The summed E-state index contributed by atoms with van der Waals surface area (Å²) in [7, 11) is -3.50. The Kier molecular flexibility index (Phi) is 4.36. The SMILES string of the molecule is CC(C)NS(=O)(=O)c1ccccc1N1CC(C)C(N)C1. The van der Waals surface area contributed by atoms with Crippen molar-refractivity contribution < 1.29 is 8.42 Å². The molecule has 0 amide bonds. The Bertz CT molecular complexity index is 562. The second-order valence-corrected chi connectivity index (χ2v) is 7.47. The molecule has 1 aliphatic rings. The predicted molar refractivity (Wildman–Crippen MR) is 81.3 cm³/mol. The molecule has 5 nitrogen and oxygen atoms in total. The first-order valence-corrected chi connectivity index (χ1v) is 8.41. The van der Waals surface area contributed by atoms with E-state index in [0.29, 0.717) is 17.4 Å². The molecule has 1 heterocycles. The van der Waals surface area contributed by atoms with E-state index in [9.17, 15) is 8.42 Å². The number of para-hydroxylation sites is 1. The highest BCUT2D eigenvalue weighted by Crippen LogP contribution is 2.29. The Labute approximate surface area is 121 Å². The van der Waals surface area contributed by atoms with E-state index in [0.717, 1.165) is 12.2 Å². The maximum Gasteiger partial charge on any atom is 0.242 e. The molecule has 1 saturated heterocycles. The first-order valence-electron chi connectivity index (χ1n) is 6.93. The van der Waals surface area contributed by atoms with Gasteiger partial charge in [0.05, 0.1) is 5.69 Å². The smallest absolute Gasteiger partial charge is 0.242 e. The van der Waals surface area contributed by atoms with Crippen molar-refractivity contribution in [1.29, 1.82) is 0 Å². The minimum absolute atomic E-state index is 0.0869. The molecule has 1 aromatic rings. The van der Waals surface area contributed by atoms with E-state index in [1.165, 1.54) is 0 Å². The van der Waals surface area contributed by atoms with Gasteiger partial charge in [0.15, 0.2) is 0 Å². The predicted octanol–water partition coefficient (Wildman–Crippen LogP) is 1.16. The number of hydrogen-bond acceptors (Lipinski definition) is 4. The number of benzene rings is 1. The maximum absolute atomic E-state index is 12.4. The van der Waals surface area contributed by atoms with Crippen LogP contribution in [0.5, 0.6) is 0 Å². The Balaban J connectivity index is 2.37. The number of hydrogen-bond donors (Lipinski definition) is 2. The van der Waals surface area contributed by atoms with E-state index in [1.807, 2.05) is 26.0 Å². The third kappa shape index (κ3) is 3.13. The second-order valence-electron chi connectivity index (χ2n) is 5.79. The lowest BCUT2D eigenvalue weighted by Crippen LogP contribution is -2.33. The highest BCUT2D eigenvalue weighted by Gasteiger charge is 2.30. The lowest BCUT2D eigenvalue weighted by atomic mass is 10.1. The average Bonchev–Trinajstić information content (AvgIpc) is 2.68. The van der Waals surface area contributed by atoms with Gasteiger partial charge in [-0.1, -0.05) is 19.1 Å². The fourth-order valence-corrected chi connectivity index (χ4v) is 3.99. The van der Waals surface area contributed by atoms with Crippen LogP contribution in [0.3, 0.4) is 0 Å². The molecule has 112 valence electrons. The summed E-state index contributed by atoms with van der Waals surface area (Å²) in [6.45, 7) is 7.20. The van der Waals surface area contributed by atoms with Crippen LogP contribution in [0.2, 0.25) is 0 Å². The van der Waals surface area contributed by atoms with Crippen molar-refractivity contribution in [3.05, 3.63) is 24.3 Å². The summed E-state index contributed by atoms with van der Waals surface area (Å²) in [6.07, 6.45) is 0. The van der Waals surface area contributed by atoms with Crippen molar-refractivity contribution in [2.75, 3.05) is 18.0 Å². The zero-order valence-corrected chi connectivity index (χ0v) is 13.0. The zero-order valence-electron chi connectivity index (χ0n) is 12.2. The fourth-order valence-electron chi connectivity index (χ4n) is 2.51. The second kappa shape index (κ2) is 5.71. The molecule has 2 unspecified atom stereocenters.